The van der Waals surface area contributed by atoms with E-state index >= 15 is 0 Å². The van der Waals surface area contributed by atoms with E-state index in [0.717, 1.165) is 0 Å². The largest absolute Gasteiger partial charge is 0.501 e. The summed E-state index contributed by atoms with van der Waals surface area (Å²) in [5.74, 6) is -1.76. The summed E-state index contributed by atoms with van der Waals surface area (Å²) >= 11 is 4.97. The molecule has 0 spiro atoms. The van der Waals surface area contributed by atoms with Crippen LogP contribution in [0.25, 0.3) is 11.1 Å². The number of aliphatic carboxylic acids is 1. The van der Waals surface area contributed by atoms with Crippen molar-refractivity contribution in [3.8, 4) is 0 Å². The first-order chi connectivity index (χ1) is 9.97. The second-order valence-electron chi connectivity index (χ2n) is 4.92. The number of carbonyl (C=O) groups is 1. The van der Waals surface area contributed by atoms with Crippen molar-refractivity contribution in [3.63, 3.8) is 0 Å². The molecule has 1 aromatic carbocycles. The first-order valence-electron chi connectivity index (χ1n) is 6.79. The lowest BCUT2D eigenvalue weighted by atomic mass is 9.72. The average Bonchev–Trinajstić information content (AvgIpc) is 2.87. The van der Waals surface area contributed by atoms with Crippen LogP contribution in [0.5, 0.6) is 0 Å². The van der Waals surface area contributed by atoms with Gasteiger partial charge < -0.3 is 14.6 Å². The Labute approximate surface area is 127 Å². The number of rotatable bonds is 6. The summed E-state index contributed by atoms with van der Waals surface area (Å²) in [4.78, 5) is 15.9. The Kier molecular flexibility index (Phi) is 4.27. The number of para-hydroxylation sites is 2. The molecule has 1 aromatic heterocycles. The standard InChI is InChI=1S/C15H17NO4S/c1-3-9(12(17)18)15(4-2,14(19)21)13-16-10-7-5-6-8-11(10)20-13/h5-9H,3-4H2,1-2H3,(H,17,18)(H,19,21). The predicted molar refractivity (Wildman–Crippen MR) is 82.6 cm³/mol. The zero-order valence-corrected chi connectivity index (χ0v) is 12.7. The molecule has 0 fully saturated rings. The van der Waals surface area contributed by atoms with Gasteiger partial charge in [-0.1, -0.05) is 26.0 Å². The number of thiocarbonyl (C=S) groups is 1. The molecule has 2 atom stereocenters. The third kappa shape index (κ3) is 2.40. The van der Waals surface area contributed by atoms with E-state index < -0.39 is 22.4 Å². The van der Waals surface area contributed by atoms with E-state index in [-0.39, 0.29) is 5.89 Å². The maximum absolute atomic E-state index is 11.6. The molecule has 0 saturated heterocycles. The van der Waals surface area contributed by atoms with Crippen LogP contribution >= 0.6 is 12.2 Å². The molecule has 2 N–H and O–H groups in total. The number of aliphatic hydroxyl groups is 1. The average molecular weight is 307 g/mol. The number of hydrogen-bond acceptors (Lipinski definition) is 4. The zero-order chi connectivity index (χ0) is 15.6. The monoisotopic (exact) mass is 307 g/mol. The summed E-state index contributed by atoms with van der Waals surface area (Å²) in [6, 6.07) is 7.13. The molecule has 6 heteroatoms. The predicted octanol–water partition coefficient (Wildman–Crippen LogP) is 3.47. The Morgan fingerprint density at radius 1 is 1.38 bits per heavy atom. The minimum atomic E-state index is -1.30. The van der Waals surface area contributed by atoms with E-state index in [9.17, 15) is 15.0 Å². The number of hydrogen-bond donors (Lipinski definition) is 2. The number of oxazole rings is 1. The van der Waals surface area contributed by atoms with Crippen molar-refractivity contribution in [2.24, 2.45) is 5.92 Å². The molecule has 2 rings (SSSR count). The molecule has 5 nitrogen and oxygen atoms in total. The number of aromatic nitrogens is 1. The highest BCUT2D eigenvalue weighted by atomic mass is 32.1. The quantitative estimate of drug-likeness (QED) is 0.795. The molecule has 112 valence electrons. The minimum Gasteiger partial charge on any atom is -0.501 e. The Hall–Kier alpha value is -1.95. The molecule has 2 aromatic rings. The van der Waals surface area contributed by atoms with E-state index in [1.54, 1.807) is 32.0 Å². The van der Waals surface area contributed by atoms with Crippen LogP contribution < -0.4 is 0 Å². The molecule has 0 radical (unpaired) electrons. The van der Waals surface area contributed by atoms with Crippen LogP contribution in [0.3, 0.4) is 0 Å². The highest BCUT2D eigenvalue weighted by molar-refractivity contribution is 7.80. The van der Waals surface area contributed by atoms with Crippen molar-refractivity contribution in [3.05, 3.63) is 30.2 Å². The van der Waals surface area contributed by atoms with Crippen LogP contribution in [-0.2, 0) is 10.2 Å². The molecule has 0 saturated carbocycles. The summed E-state index contributed by atoms with van der Waals surface area (Å²) < 4.78 is 5.70. The van der Waals surface area contributed by atoms with Crippen LogP contribution in [-0.4, -0.2) is 26.2 Å². The first kappa shape index (κ1) is 15.4. The van der Waals surface area contributed by atoms with E-state index in [0.29, 0.717) is 23.9 Å². The number of nitrogens with zero attached hydrogens (tertiary/aromatic N) is 1. The summed E-state index contributed by atoms with van der Waals surface area (Å²) in [5.41, 5.74) is -0.141. The van der Waals surface area contributed by atoms with Gasteiger partial charge in [-0.3, -0.25) is 4.79 Å². The molecular formula is C15H17NO4S. The van der Waals surface area contributed by atoms with Crippen molar-refractivity contribution in [1.82, 2.24) is 4.98 Å². The van der Waals surface area contributed by atoms with Gasteiger partial charge in [0.2, 0.25) is 5.89 Å². The van der Waals surface area contributed by atoms with Crippen LogP contribution in [0.2, 0.25) is 0 Å². The van der Waals surface area contributed by atoms with E-state index in [1.807, 2.05) is 6.07 Å². The van der Waals surface area contributed by atoms with Crippen LogP contribution in [0.1, 0.15) is 32.6 Å². The zero-order valence-electron chi connectivity index (χ0n) is 11.9. The molecule has 0 aliphatic carbocycles. The molecule has 2 unspecified atom stereocenters. The van der Waals surface area contributed by atoms with Gasteiger partial charge in [0.1, 0.15) is 10.9 Å². The number of carboxylic acid groups (broad SMARTS) is 1. The smallest absolute Gasteiger partial charge is 0.308 e. The normalized spacial score (nSPS) is 15.5. The molecule has 21 heavy (non-hydrogen) atoms. The van der Waals surface area contributed by atoms with Gasteiger partial charge in [-0.25, -0.2) is 4.98 Å². The third-order valence-electron chi connectivity index (χ3n) is 3.92. The van der Waals surface area contributed by atoms with E-state index in [1.165, 1.54) is 0 Å². The number of benzene rings is 1. The minimum absolute atomic E-state index is 0.160. The van der Waals surface area contributed by atoms with Crippen molar-refractivity contribution in [1.29, 1.82) is 0 Å². The fraction of sp³-hybridized carbons (Fsp3) is 0.400. The van der Waals surface area contributed by atoms with Gasteiger partial charge in [-0.2, -0.15) is 0 Å². The Morgan fingerprint density at radius 2 is 2.05 bits per heavy atom. The van der Waals surface area contributed by atoms with E-state index in [4.69, 9.17) is 16.6 Å². The number of fused-ring (bicyclic) bond motifs is 1. The summed E-state index contributed by atoms with van der Waals surface area (Å²) in [7, 11) is 0. The summed E-state index contributed by atoms with van der Waals surface area (Å²) in [6.07, 6.45) is 0.600. The third-order valence-corrected chi connectivity index (χ3v) is 4.28. The Balaban J connectivity index is 2.69. The highest BCUT2D eigenvalue weighted by Crippen LogP contribution is 2.40. The molecule has 1 heterocycles. The lowest BCUT2D eigenvalue weighted by Gasteiger charge is -2.32. The van der Waals surface area contributed by atoms with Crippen LogP contribution in [0.15, 0.2) is 28.7 Å². The Bertz CT molecular complexity index is 648. The first-order valence-corrected chi connectivity index (χ1v) is 7.20. The molecule has 0 amide bonds. The maximum Gasteiger partial charge on any atom is 0.308 e. The SMILES string of the molecule is CCC(C(=O)O)C(CC)(C(O)=S)c1nc2ccccc2o1. The van der Waals surface area contributed by atoms with Gasteiger partial charge in [-0.05, 0) is 37.2 Å². The molecule has 0 aliphatic rings. The van der Waals surface area contributed by atoms with Crippen molar-refractivity contribution >= 4 is 34.3 Å². The van der Waals surface area contributed by atoms with Gasteiger partial charge in [-0.15, -0.1) is 0 Å². The molecule has 0 aliphatic heterocycles. The maximum atomic E-state index is 11.6. The fourth-order valence-corrected chi connectivity index (χ4v) is 3.11. The van der Waals surface area contributed by atoms with Gasteiger partial charge in [0, 0.05) is 0 Å². The van der Waals surface area contributed by atoms with Gasteiger partial charge in [0.15, 0.2) is 10.6 Å². The van der Waals surface area contributed by atoms with Crippen LogP contribution in [0.4, 0.5) is 0 Å². The second kappa shape index (κ2) is 5.81. The summed E-state index contributed by atoms with van der Waals surface area (Å²) in [6.45, 7) is 3.51. The number of aliphatic hydroxyl groups excluding tert-OH is 1. The fourth-order valence-electron chi connectivity index (χ4n) is 2.74. The topological polar surface area (TPSA) is 83.6 Å². The van der Waals surface area contributed by atoms with Crippen LogP contribution in [0, 0.1) is 5.92 Å². The lowest BCUT2D eigenvalue weighted by molar-refractivity contribution is -0.144. The summed E-state index contributed by atoms with van der Waals surface area (Å²) in [5, 5.41) is 19.1. The van der Waals surface area contributed by atoms with E-state index in [2.05, 4.69) is 4.98 Å². The highest BCUT2D eigenvalue weighted by Gasteiger charge is 2.50. The van der Waals surface area contributed by atoms with Gasteiger partial charge in [0.05, 0.1) is 5.92 Å². The van der Waals surface area contributed by atoms with Gasteiger partial charge >= 0.3 is 5.97 Å². The van der Waals surface area contributed by atoms with Crippen molar-refractivity contribution < 1.29 is 19.4 Å². The van der Waals surface area contributed by atoms with Crippen molar-refractivity contribution in [2.75, 3.05) is 0 Å². The molecule has 0 bridgehead atoms. The molecular weight excluding hydrogens is 290 g/mol. The number of carboxylic acids is 1. The lowest BCUT2D eigenvalue weighted by Crippen LogP contribution is -2.45. The van der Waals surface area contributed by atoms with Crippen molar-refractivity contribution in [2.45, 2.75) is 32.1 Å². The second-order valence-corrected chi connectivity index (χ2v) is 5.30. The van der Waals surface area contributed by atoms with Gasteiger partial charge in [0.25, 0.3) is 0 Å². The Morgan fingerprint density at radius 3 is 2.52 bits per heavy atom.